The standard InChI is InChI=1S/C32H33F2NO3/c1-4-5-6-18-35(2)19-20-38-24-13-10-22(11-14-24)32(36)30-26-17-15-25(37-3)21-23(26)12-16-27(30)31-28(33)8-7-9-29(31)34/h7-17,21H,4-6,18-20H2,1-3H3. The van der Waals surface area contributed by atoms with Gasteiger partial charge in [0, 0.05) is 17.7 Å². The second-order valence-electron chi connectivity index (χ2n) is 9.38. The summed E-state index contributed by atoms with van der Waals surface area (Å²) in [5, 5.41) is 1.32. The smallest absolute Gasteiger partial charge is 0.194 e. The third-order valence-corrected chi connectivity index (χ3v) is 6.69. The number of hydrogen-bond donors (Lipinski definition) is 0. The molecule has 4 nitrogen and oxygen atoms in total. The first kappa shape index (κ1) is 27.3. The number of carbonyl (C=O) groups excluding carboxylic acids is 1. The van der Waals surface area contributed by atoms with E-state index in [-0.39, 0.29) is 22.5 Å². The van der Waals surface area contributed by atoms with Gasteiger partial charge in [0.15, 0.2) is 5.78 Å². The van der Waals surface area contributed by atoms with E-state index in [9.17, 15) is 13.6 Å². The molecule has 4 aromatic carbocycles. The third-order valence-electron chi connectivity index (χ3n) is 6.69. The molecule has 0 unspecified atom stereocenters. The van der Waals surface area contributed by atoms with Gasteiger partial charge in [0.1, 0.15) is 29.7 Å². The molecule has 6 heteroatoms. The maximum atomic E-state index is 14.8. The Morgan fingerprint density at radius 3 is 2.26 bits per heavy atom. The number of hydrogen-bond acceptors (Lipinski definition) is 4. The number of ether oxygens (including phenoxy) is 2. The number of nitrogens with zero attached hydrogens (tertiary/aromatic N) is 1. The summed E-state index contributed by atoms with van der Waals surface area (Å²) in [5.74, 6) is -0.504. The number of rotatable bonds is 12. The summed E-state index contributed by atoms with van der Waals surface area (Å²) < 4.78 is 40.8. The van der Waals surface area contributed by atoms with E-state index in [1.165, 1.54) is 37.5 Å². The number of carbonyl (C=O) groups is 1. The van der Waals surface area contributed by atoms with E-state index in [4.69, 9.17) is 9.47 Å². The van der Waals surface area contributed by atoms with Gasteiger partial charge in [0.2, 0.25) is 0 Å². The van der Waals surface area contributed by atoms with Crippen molar-refractivity contribution >= 4 is 16.6 Å². The van der Waals surface area contributed by atoms with Crippen LogP contribution in [-0.2, 0) is 0 Å². The summed E-state index contributed by atoms with van der Waals surface area (Å²) in [7, 11) is 3.64. The molecule has 0 fully saturated rings. The van der Waals surface area contributed by atoms with Crippen LogP contribution in [-0.4, -0.2) is 44.5 Å². The summed E-state index contributed by atoms with van der Waals surface area (Å²) >= 11 is 0. The first-order chi connectivity index (χ1) is 18.4. The molecule has 4 rings (SSSR count). The molecule has 0 atom stereocenters. The summed E-state index contributed by atoms with van der Waals surface area (Å²) in [6, 6.07) is 19.2. The van der Waals surface area contributed by atoms with Crippen LogP contribution in [0.2, 0.25) is 0 Å². The van der Waals surface area contributed by atoms with E-state index in [0.717, 1.165) is 18.5 Å². The molecule has 0 aliphatic heterocycles. The van der Waals surface area contributed by atoms with Crippen molar-refractivity contribution in [3.63, 3.8) is 0 Å². The number of halogens is 2. The minimum Gasteiger partial charge on any atom is -0.497 e. The Hall–Kier alpha value is -3.77. The molecule has 4 aromatic rings. The molecule has 38 heavy (non-hydrogen) atoms. The maximum absolute atomic E-state index is 14.8. The number of fused-ring (bicyclic) bond motifs is 1. The van der Waals surface area contributed by atoms with E-state index < -0.39 is 11.6 Å². The second kappa shape index (κ2) is 12.7. The highest BCUT2D eigenvalue weighted by atomic mass is 19.1. The van der Waals surface area contributed by atoms with Crippen LogP contribution in [0.3, 0.4) is 0 Å². The summed E-state index contributed by atoms with van der Waals surface area (Å²) in [6.07, 6.45) is 3.58. The zero-order valence-electron chi connectivity index (χ0n) is 22.1. The van der Waals surface area contributed by atoms with Gasteiger partial charge >= 0.3 is 0 Å². The molecule has 0 spiro atoms. The Morgan fingerprint density at radius 1 is 0.868 bits per heavy atom. The van der Waals surface area contributed by atoms with Crippen molar-refractivity contribution in [3.8, 4) is 22.6 Å². The molecule has 0 aromatic heterocycles. The second-order valence-corrected chi connectivity index (χ2v) is 9.38. The summed E-state index contributed by atoms with van der Waals surface area (Å²) in [4.78, 5) is 16.1. The maximum Gasteiger partial charge on any atom is 0.194 e. The average molecular weight is 518 g/mol. The molecule has 0 amide bonds. The highest BCUT2D eigenvalue weighted by molar-refractivity contribution is 6.20. The monoisotopic (exact) mass is 517 g/mol. The van der Waals surface area contributed by atoms with Crippen molar-refractivity contribution in [1.82, 2.24) is 4.90 Å². The lowest BCUT2D eigenvalue weighted by atomic mass is 9.89. The van der Waals surface area contributed by atoms with Gasteiger partial charge in [-0.25, -0.2) is 8.78 Å². The van der Waals surface area contributed by atoms with Gasteiger partial charge in [0.05, 0.1) is 12.7 Å². The molecule has 0 N–H and O–H groups in total. The third kappa shape index (κ3) is 6.20. The fraction of sp³-hybridized carbons (Fsp3) is 0.281. The van der Waals surface area contributed by atoms with Gasteiger partial charge < -0.3 is 14.4 Å². The Morgan fingerprint density at radius 2 is 1.58 bits per heavy atom. The SMILES string of the molecule is CCCCCN(C)CCOc1ccc(C(=O)c2c(-c3c(F)cccc3F)ccc3cc(OC)ccc23)cc1. The van der Waals surface area contributed by atoms with Crippen LogP contribution in [0, 0.1) is 11.6 Å². The molecular weight excluding hydrogens is 484 g/mol. The van der Waals surface area contributed by atoms with Crippen molar-refractivity contribution in [2.45, 2.75) is 26.2 Å². The quantitative estimate of drug-likeness (QED) is 0.144. The number of ketones is 1. The molecule has 0 aliphatic carbocycles. The number of unbranched alkanes of at least 4 members (excludes halogenated alkanes) is 2. The van der Waals surface area contributed by atoms with Crippen LogP contribution >= 0.6 is 0 Å². The normalized spacial score (nSPS) is 11.2. The summed E-state index contributed by atoms with van der Waals surface area (Å²) in [5.41, 5.74) is 0.609. The van der Waals surface area contributed by atoms with E-state index in [1.54, 1.807) is 61.7 Å². The zero-order valence-corrected chi connectivity index (χ0v) is 22.1. The van der Waals surface area contributed by atoms with Crippen molar-refractivity contribution < 1.29 is 23.0 Å². The average Bonchev–Trinajstić information content (AvgIpc) is 2.92. The minimum absolute atomic E-state index is 0.203. The van der Waals surface area contributed by atoms with Crippen LogP contribution < -0.4 is 9.47 Å². The molecule has 0 bridgehead atoms. The predicted octanol–water partition coefficient (Wildman–Crippen LogP) is 7.53. The van der Waals surface area contributed by atoms with Gasteiger partial charge in [-0.15, -0.1) is 0 Å². The Bertz CT molecular complexity index is 1380. The van der Waals surface area contributed by atoms with Gasteiger partial charge in [-0.1, -0.05) is 38.0 Å². The largest absolute Gasteiger partial charge is 0.497 e. The minimum atomic E-state index is -0.727. The lowest BCUT2D eigenvalue weighted by Crippen LogP contribution is -2.25. The first-order valence-electron chi connectivity index (χ1n) is 12.9. The van der Waals surface area contributed by atoms with Gasteiger partial charge in [0.25, 0.3) is 0 Å². The van der Waals surface area contributed by atoms with E-state index >= 15 is 0 Å². The van der Waals surface area contributed by atoms with Gasteiger partial charge in [-0.05, 0) is 90.9 Å². The molecule has 0 heterocycles. The number of likely N-dealkylation sites (N-methyl/N-ethyl adjacent to an activating group) is 1. The van der Waals surface area contributed by atoms with Crippen LogP contribution in [0.15, 0.2) is 72.8 Å². The molecule has 0 saturated carbocycles. The van der Waals surface area contributed by atoms with E-state index in [0.29, 0.717) is 29.1 Å². The highest BCUT2D eigenvalue weighted by Gasteiger charge is 2.23. The summed E-state index contributed by atoms with van der Waals surface area (Å²) in [6.45, 7) is 4.57. The van der Waals surface area contributed by atoms with Crippen molar-refractivity contribution in [1.29, 1.82) is 0 Å². The Labute approximate surface area is 222 Å². The fourth-order valence-corrected chi connectivity index (χ4v) is 4.55. The van der Waals surface area contributed by atoms with Crippen LogP contribution in [0.5, 0.6) is 11.5 Å². The molecule has 0 radical (unpaired) electrons. The topological polar surface area (TPSA) is 38.8 Å². The fourth-order valence-electron chi connectivity index (χ4n) is 4.55. The van der Waals surface area contributed by atoms with E-state index in [2.05, 4.69) is 18.9 Å². The predicted molar refractivity (Wildman–Crippen MR) is 148 cm³/mol. The van der Waals surface area contributed by atoms with Crippen molar-refractivity contribution in [2.24, 2.45) is 0 Å². The zero-order chi connectivity index (χ0) is 27.1. The molecule has 0 saturated heterocycles. The van der Waals surface area contributed by atoms with E-state index in [1.807, 2.05) is 0 Å². The lowest BCUT2D eigenvalue weighted by Gasteiger charge is -2.17. The highest BCUT2D eigenvalue weighted by Crippen LogP contribution is 2.36. The molecule has 0 aliphatic rings. The number of benzene rings is 4. The van der Waals surface area contributed by atoms with Gasteiger partial charge in [-0.3, -0.25) is 4.79 Å². The van der Waals surface area contributed by atoms with Crippen LogP contribution in [0.25, 0.3) is 21.9 Å². The van der Waals surface area contributed by atoms with Crippen LogP contribution in [0.4, 0.5) is 8.78 Å². The Kier molecular flexibility index (Phi) is 9.08. The first-order valence-corrected chi connectivity index (χ1v) is 12.9. The van der Waals surface area contributed by atoms with Crippen molar-refractivity contribution in [3.05, 3.63) is 95.6 Å². The Balaban J connectivity index is 1.63. The number of methoxy groups -OCH3 is 1. The lowest BCUT2D eigenvalue weighted by molar-refractivity contribution is 0.104. The molecule has 198 valence electrons. The van der Waals surface area contributed by atoms with Crippen LogP contribution in [0.1, 0.15) is 42.1 Å². The van der Waals surface area contributed by atoms with Gasteiger partial charge in [-0.2, -0.15) is 0 Å². The van der Waals surface area contributed by atoms with Crippen molar-refractivity contribution in [2.75, 3.05) is 33.9 Å². The molecular formula is C32H33F2NO3.